The number of para-hydroxylation sites is 1. The minimum atomic E-state index is -0.944. The number of allylic oxidation sites excluding steroid dienone is 2. The number of nitrogen functional groups attached to an aromatic ring is 2. The van der Waals surface area contributed by atoms with Gasteiger partial charge in [0.15, 0.2) is 0 Å². The predicted molar refractivity (Wildman–Crippen MR) is 100 cm³/mol. The second kappa shape index (κ2) is 7.39. The number of hydrogen-bond donors (Lipinski definition) is 3. The first-order valence-electron chi connectivity index (χ1n) is 8.32. The fourth-order valence-electron chi connectivity index (χ4n) is 3.04. The highest BCUT2D eigenvalue weighted by molar-refractivity contribution is 5.72. The molecular formula is C17H18N6O5. The molecule has 5 N–H and O–H groups in total. The van der Waals surface area contributed by atoms with Gasteiger partial charge in [-0.15, -0.1) is 0 Å². The molecular weight excluding hydrogens is 368 g/mol. The van der Waals surface area contributed by atoms with Crippen LogP contribution in [0.2, 0.25) is 0 Å². The number of anilines is 3. The SMILES string of the molecule is CCOC(=O)OC1=C(C)Nc2nc(N)nc(N)c2C1c1ccccc1[N+](=O)[O-]. The average molecular weight is 386 g/mol. The van der Waals surface area contributed by atoms with E-state index in [-0.39, 0.29) is 41.2 Å². The van der Waals surface area contributed by atoms with E-state index in [1.807, 2.05) is 0 Å². The summed E-state index contributed by atoms with van der Waals surface area (Å²) in [4.78, 5) is 31.1. The molecule has 2 aromatic rings. The van der Waals surface area contributed by atoms with Crippen LogP contribution < -0.4 is 16.8 Å². The summed E-state index contributed by atoms with van der Waals surface area (Å²) in [6, 6.07) is 6.07. The molecule has 2 heterocycles. The highest BCUT2D eigenvalue weighted by atomic mass is 16.7. The summed E-state index contributed by atoms with van der Waals surface area (Å²) in [6.45, 7) is 3.37. The van der Waals surface area contributed by atoms with Crippen LogP contribution in [0.25, 0.3) is 0 Å². The number of fused-ring (bicyclic) bond motifs is 1. The van der Waals surface area contributed by atoms with Crippen molar-refractivity contribution in [3.63, 3.8) is 0 Å². The van der Waals surface area contributed by atoms with E-state index in [1.54, 1.807) is 26.0 Å². The molecule has 0 bridgehead atoms. The van der Waals surface area contributed by atoms with Crippen LogP contribution in [-0.4, -0.2) is 27.7 Å². The number of nitrogens with two attached hydrogens (primary N) is 2. The van der Waals surface area contributed by atoms with Crippen LogP contribution in [0.15, 0.2) is 35.7 Å². The van der Waals surface area contributed by atoms with Crippen molar-refractivity contribution in [3.05, 3.63) is 57.0 Å². The molecule has 1 aliphatic rings. The van der Waals surface area contributed by atoms with Gasteiger partial charge in [-0.2, -0.15) is 9.97 Å². The Morgan fingerprint density at radius 2 is 2.04 bits per heavy atom. The van der Waals surface area contributed by atoms with E-state index in [1.165, 1.54) is 12.1 Å². The van der Waals surface area contributed by atoms with Crippen molar-refractivity contribution in [1.29, 1.82) is 0 Å². The van der Waals surface area contributed by atoms with Crippen molar-refractivity contribution >= 4 is 29.4 Å². The molecule has 1 aromatic carbocycles. The largest absolute Gasteiger partial charge is 0.513 e. The lowest BCUT2D eigenvalue weighted by Crippen LogP contribution is -2.25. The van der Waals surface area contributed by atoms with Crippen LogP contribution in [0, 0.1) is 10.1 Å². The number of nitro groups is 1. The number of carbonyl (C=O) groups excluding carboxylic acids is 1. The van der Waals surface area contributed by atoms with Gasteiger partial charge in [0, 0.05) is 11.6 Å². The van der Waals surface area contributed by atoms with Gasteiger partial charge in [-0.3, -0.25) is 10.1 Å². The Balaban J connectivity index is 2.25. The standard InChI is InChI=1S/C17H18N6O5/c1-3-27-17(24)28-13-8(2)20-15-12(14(18)21-16(19)22-15)11(13)9-6-4-5-7-10(9)23(25)26/h4-7,11H,3H2,1-2H3,(H5,18,19,20,21,22). The highest BCUT2D eigenvalue weighted by Gasteiger charge is 2.38. The zero-order valence-electron chi connectivity index (χ0n) is 15.1. The Morgan fingerprint density at radius 3 is 2.71 bits per heavy atom. The monoisotopic (exact) mass is 386 g/mol. The molecule has 1 atom stereocenters. The van der Waals surface area contributed by atoms with Gasteiger partial charge in [0.1, 0.15) is 17.4 Å². The number of nitro benzene ring substituents is 1. The number of carbonyl (C=O) groups is 1. The molecule has 28 heavy (non-hydrogen) atoms. The molecule has 1 aliphatic heterocycles. The summed E-state index contributed by atoms with van der Waals surface area (Å²) in [6.07, 6.45) is -0.944. The molecule has 146 valence electrons. The van der Waals surface area contributed by atoms with Crippen LogP contribution in [0.5, 0.6) is 0 Å². The van der Waals surface area contributed by atoms with Gasteiger partial charge in [0.2, 0.25) is 5.95 Å². The Bertz CT molecular complexity index is 990. The van der Waals surface area contributed by atoms with Crippen LogP contribution in [0.4, 0.5) is 28.1 Å². The number of benzene rings is 1. The molecule has 0 amide bonds. The minimum absolute atomic E-state index is 0.00982. The Hall–Kier alpha value is -3.89. The van der Waals surface area contributed by atoms with Crippen molar-refractivity contribution in [2.24, 2.45) is 0 Å². The van der Waals surface area contributed by atoms with Gasteiger partial charge in [-0.1, -0.05) is 18.2 Å². The van der Waals surface area contributed by atoms with Crippen LogP contribution in [0.3, 0.4) is 0 Å². The number of nitrogens with zero attached hydrogens (tertiary/aromatic N) is 3. The van der Waals surface area contributed by atoms with Crippen molar-refractivity contribution in [2.75, 3.05) is 23.4 Å². The molecule has 1 aromatic heterocycles. The molecule has 3 rings (SSSR count). The van der Waals surface area contributed by atoms with E-state index in [4.69, 9.17) is 20.9 Å². The molecule has 0 spiro atoms. The second-order valence-corrected chi connectivity index (χ2v) is 5.88. The number of hydrogen-bond acceptors (Lipinski definition) is 10. The van der Waals surface area contributed by atoms with E-state index in [2.05, 4.69) is 15.3 Å². The predicted octanol–water partition coefficient (Wildman–Crippen LogP) is 2.51. The topological polar surface area (TPSA) is 169 Å². The Morgan fingerprint density at radius 1 is 1.32 bits per heavy atom. The summed E-state index contributed by atoms with van der Waals surface area (Å²) in [5, 5.41) is 14.5. The average Bonchev–Trinajstić information content (AvgIpc) is 2.62. The van der Waals surface area contributed by atoms with Gasteiger partial charge >= 0.3 is 6.16 Å². The maximum absolute atomic E-state index is 12.0. The Labute approximate surface area is 159 Å². The first kappa shape index (κ1) is 18.9. The van der Waals surface area contributed by atoms with Crippen molar-refractivity contribution in [3.8, 4) is 0 Å². The summed E-state index contributed by atoms with van der Waals surface area (Å²) >= 11 is 0. The fourth-order valence-corrected chi connectivity index (χ4v) is 3.04. The zero-order chi connectivity index (χ0) is 20.4. The summed E-state index contributed by atoms with van der Waals surface area (Å²) < 4.78 is 10.2. The Kier molecular flexibility index (Phi) is 4.98. The van der Waals surface area contributed by atoms with Gasteiger partial charge < -0.3 is 26.3 Å². The van der Waals surface area contributed by atoms with Gasteiger partial charge in [-0.25, -0.2) is 4.79 Å². The van der Waals surface area contributed by atoms with Crippen LogP contribution >= 0.6 is 0 Å². The third-order valence-corrected chi connectivity index (χ3v) is 4.12. The van der Waals surface area contributed by atoms with Crippen LogP contribution in [0.1, 0.15) is 30.9 Å². The number of ether oxygens (including phenoxy) is 2. The zero-order valence-corrected chi connectivity index (χ0v) is 15.1. The summed E-state index contributed by atoms with van der Waals surface area (Å²) in [5.41, 5.74) is 12.5. The molecule has 0 fully saturated rings. The normalized spacial score (nSPS) is 15.4. The third-order valence-electron chi connectivity index (χ3n) is 4.12. The van der Waals surface area contributed by atoms with Gasteiger partial charge in [0.05, 0.1) is 28.7 Å². The lowest BCUT2D eigenvalue weighted by atomic mass is 9.86. The molecule has 0 radical (unpaired) electrons. The lowest BCUT2D eigenvalue weighted by Gasteiger charge is -2.29. The second-order valence-electron chi connectivity index (χ2n) is 5.88. The number of nitrogens with one attached hydrogen (secondary N) is 1. The third kappa shape index (κ3) is 3.37. The number of aromatic nitrogens is 2. The maximum Gasteiger partial charge on any atom is 0.513 e. The van der Waals surface area contributed by atoms with E-state index < -0.39 is 17.0 Å². The summed E-state index contributed by atoms with van der Waals surface area (Å²) in [7, 11) is 0. The quantitative estimate of drug-likeness (QED) is 0.403. The maximum atomic E-state index is 12.0. The molecule has 11 heteroatoms. The molecule has 1 unspecified atom stereocenters. The first-order chi connectivity index (χ1) is 13.3. The molecule has 0 saturated heterocycles. The number of rotatable bonds is 4. The molecule has 11 nitrogen and oxygen atoms in total. The smallest absolute Gasteiger partial charge is 0.434 e. The van der Waals surface area contributed by atoms with E-state index in [9.17, 15) is 14.9 Å². The molecule has 0 saturated carbocycles. The lowest BCUT2D eigenvalue weighted by molar-refractivity contribution is -0.385. The van der Waals surface area contributed by atoms with E-state index in [0.29, 0.717) is 11.3 Å². The first-order valence-corrected chi connectivity index (χ1v) is 8.32. The van der Waals surface area contributed by atoms with Crippen LogP contribution in [-0.2, 0) is 9.47 Å². The highest BCUT2D eigenvalue weighted by Crippen LogP contribution is 2.46. The van der Waals surface area contributed by atoms with E-state index >= 15 is 0 Å². The van der Waals surface area contributed by atoms with E-state index in [0.717, 1.165) is 0 Å². The van der Waals surface area contributed by atoms with Gasteiger partial charge in [0.25, 0.3) is 5.69 Å². The summed E-state index contributed by atoms with van der Waals surface area (Å²) in [5.74, 6) is -0.590. The van der Waals surface area contributed by atoms with Crippen molar-refractivity contribution < 1.29 is 19.2 Å². The molecule has 0 aliphatic carbocycles. The minimum Gasteiger partial charge on any atom is -0.434 e. The van der Waals surface area contributed by atoms with Crippen molar-refractivity contribution in [2.45, 2.75) is 19.8 Å². The van der Waals surface area contributed by atoms with Gasteiger partial charge in [-0.05, 0) is 13.8 Å². The fraction of sp³-hybridized carbons (Fsp3) is 0.235. The van der Waals surface area contributed by atoms with Crippen molar-refractivity contribution in [1.82, 2.24) is 9.97 Å².